The fourth-order valence-electron chi connectivity index (χ4n) is 4.64. The number of ketones is 1. The molecule has 0 amide bonds. The van der Waals surface area contributed by atoms with Gasteiger partial charge in [0, 0.05) is 59.3 Å². The fraction of sp³-hybridized carbons (Fsp3) is 0.200. The largest absolute Gasteiger partial charge is 0.456 e. The third-order valence-corrected chi connectivity index (χ3v) is 6.79. The van der Waals surface area contributed by atoms with Gasteiger partial charge in [0.05, 0.1) is 11.2 Å². The van der Waals surface area contributed by atoms with Crippen LogP contribution in [0.4, 0.5) is 0 Å². The first-order chi connectivity index (χ1) is 17.7. The van der Waals surface area contributed by atoms with E-state index in [9.17, 15) is 4.79 Å². The average Bonchev–Trinajstić information content (AvgIpc) is 3.64. The Balaban J connectivity index is 1.25. The van der Waals surface area contributed by atoms with Crippen molar-refractivity contribution in [3.8, 4) is 17.2 Å². The molecule has 36 heavy (non-hydrogen) atoms. The molecule has 1 fully saturated rings. The topological polar surface area (TPSA) is 69.9 Å². The molecule has 0 atom stereocenters. The molecule has 0 saturated heterocycles. The minimum Gasteiger partial charge on any atom is -0.456 e. The van der Waals surface area contributed by atoms with Gasteiger partial charge in [-0.25, -0.2) is 4.68 Å². The number of aryl methyl sites for hydroxylation is 1. The molecule has 6 heteroatoms. The Morgan fingerprint density at radius 1 is 0.972 bits per heavy atom. The van der Waals surface area contributed by atoms with Crippen LogP contribution in [0.1, 0.15) is 52.4 Å². The molecule has 1 saturated carbocycles. The molecule has 0 aliphatic heterocycles. The van der Waals surface area contributed by atoms with E-state index in [2.05, 4.69) is 27.2 Å². The van der Waals surface area contributed by atoms with Crippen LogP contribution in [0.5, 0.6) is 11.5 Å². The van der Waals surface area contributed by atoms with Crippen molar-refractivity contribution < 1.29 is 9.53 Å². The van der Waals surface area contributed by atoms with Crippen molar-refractivity contribution in [2.75, 3.05) is 0 Å². The van der Waals surface area contributed by atoms with Crippen LogP contribution >= 0.6 is 0 Å². The van der Waals surface area contributed by atoms with Gasteiger partial charge in [0.2, 0.25) is 0 Å². The van der Waals surface area contributed by atoms with Crippen LogP contribution in [-0.4, -0.2) is 25.5 Å². The molecule has 6 nitrogen and oxygen atoms in total. The Labute approximate surface area is 209 Å². The monoisotopic (exact) mass is 474 g/mol. The highest BCUT2D eigenvalue weighted by atomic mass is 16.5. The number of hydrogen-bond donors (Lipinski definition) is 0. The van der Waals surface area contributed by atoms with Crippen LogP contribution in [0.25, 0.3) is 16.6 Å². The van der Waals surface area contributed by atoms with E-state index in [1.165, 1.54) is 18.5 Å². The van der Waals surface area contributed by atoms with Crippen LogP contribution in [0, 0.1) is 6.92 Å². The summed E-state index contributed by atoms with van der Waals surface area (Å²) in [6.45, 7) is 1.94. The van der Waals surface area contributed by atoms with Crippen molar-refractivity contribution in [1.82, 2.24) is 19.7 Å². The summed E-state index contributed by atoms with van der Waals surface area (Å²) in [5.74, 6) is 2.08. The lowest BCUT2D eigenvalue weighted by Crippen LogP contribution is -2.05. The Kier molecular flexibility index (Phi) is 5.77. The molecule has 3 heterocycles. The van der Waals surface area contributed by atoms with Crippen LogP contribution in [0.2, 0.25) is 0 Å². The molecule has 0 N–H and O–H groups in total. The van der Waals surface area contributed by atoms with E-state index in [4.69, 9.17) is 4.74 Å². The van der Waals surface area contributed by atoms with E-state index >= 15 is 0 Å². The average molecular weight is 475 g/mol. The molecule has 0 bridgehead atoms. The van der Waals surface area contributed by atoms with Crippen LogP contribution in [0.15, 0.2) is 85.5 Å². The standard InChI is InChI=1S/C30H26N4O2/c1-20-24(28(35)10-5-21-11-15-31-16-12-21)3-2-4-29(20)36-30-14-17-32-26-19-23(8-9-25(26)30)34-27(13-18-33-34)22-6-7-22/h2-4,8-9,11-19,22H,5-7,10H2,1H3. The van der Waals surface area contributed by atoms with Crippen molar-refractivity contribution in [1.29, 1.82) is 0 Å². The van der Waals surface area contributed by atoms with E-state index in [0.717, 1.165) is 27.7 Å². The van der Waals surface area contributed by atoms with Gasteiger partial charge in [-0.05, 0) is 80.3 Å². The van der Waals surface area contributed by atoms with Gasteiger partial charge in [-0.2, -0.15) is 5.10 Å². The molecule has 0 spiro atoms. The quantitative estimate of drug-likeness (QED) is 0.237. The summed E-state index contributed by atoms with van der Waals surface area (Å²) >= 11 is 0. The van der Waals surface area contributed by atoms with Gasteiger partial charge < -0.3 is 4.74 Å². The third-order valence-electron chi connectivity index (χ3n) is 6.79. The van der Waals surface area contributed by atoms with Crippen molar-refractivity contribution in [3.63, 3.8) is 0 Å². The van der Waals surface area contributed by atoms with Gasteiger partial charge in [-0.1, -0.05) is 12.1 Å². The van der Waals surface area contributed by atoms with Crippen molar-refractivity contribution in [2.24, 2.45) is 0 Å². The Hall–Kier alpha value is -4.32. The number of carbonyl (C=O) groups excluding carboxylic acids is 1. The maximum atomic E-state index is 13.0. The lowest BCUT2D eigenvalue weighted by atomic mass is 9.99. The minimum atomic E-state index is 0.102. The zero-order chi connectivity index (χ0) is 24.5. The molecule has 0 radical (unpaired) electrons. The number of benzene rings is 2. The zero-order valence-corrected chi connectivity index (χ0v) is 20.1. The van der Waals surface area contributed by atoms with E-state index in [0.29, 0.717) is 35.8 Å². The van der Waals surface area contributed by atoms with Crippen LogP contribution < -0.4 is 4.74 Å². The maximum Gasteiger partial charge on any atom is 0.163 e. The van der Waals surface area contributed by atoms with Gasteiger partial charge in [0.15, 0.2) is 5.78 Å². The zero-order valence-electron chi connectivity index (χ0n) is 20.1. The van der Waals surface area contributed by atoms with E-state index in [1.807, 2.05) is 66.3 Å². The molecule has 1 aliphatic carbocycles. The first kappa shape index (κ1) is 22.2. The predicted octanol–water partition coefficient (Wildman–Crippen LogP) is 6.61. The van der Waals surface area contributed by atoms with Gasteiger partial charge in [-0.3, -0.25) is 14.8 Å². The number of nitrogens with zero attached hydrogens (tertiary/aromatic N) is 4. The number of ether oxygens (including phenoxy) is 1. The highest BCUT2D eigenvalue weighted by molar-refractivity contribution is 5.98. The summed E-state index contributed by atoms with van der Waals surface area (Å²) in [6.07, 6.45) is 10.7. The van der Waals surface area contributed by atoms with E-state index in [1.54, 1.807) is 18.6 Å². The normalized spacial score (nSPS) is 13.1. The van der Waals surface area contributed by atoms with E-state index < -0.39 is 0 Å². The number of fused-ring (bicyclic) bond motifs is 1. The van der Waals surface area contributed by atoms with Gasteiger partial charge in [0.25, 0.3) is 0 Å². The van der Waals surface area contributed by atoms with Crippen LogP contribution in [-0.2, 0) is 6.42 Å². The smallest absolute Gasteiger partial charge is 0.163 e. The number of aromatic nitrogens is 4. The first-order valence-electron chi connectivity index (χ1n) is 12.3. The molecular weight excluding hydrogens is 448 g/mol. The minimum absolute atomic E-state index is 0.102. The summed E-state index contributed by atoms with van der Waals surface area (Å²) in [5, 5.41) is 5.45. The SMILES string of the molecule is Cc1c(Oc2ccnc3cc(-n4nccc4C4CC4)ccc23)cccc1C(=O)CCc1ccncc1. The van der Waals surface area contributed by atoms with Gasteiger partial charge in [0.1, 0.15) is 11.5 Å². The number of rotatable bonds is 8. The van der Waals surface area contributed by atoms with E-state index in [-0.39, 0.29) is 5.78 Å². The molecule has 3 aromatic heterocycles. The van der Waals surface area contributed by atoms with Gasteiger partial charge in [-0.15, -0.1) is 0 Å². The molecule has 0 unspecified atom stereocenters. The lowest BCUT2D eigenvalue weighted by molar-refractivity contribution is 0.0982. The summed E-state index contributed by atoms with van der Waals surface area (Å²) in [5.41, 5.74) is 5.72. The Morgan fingerprint density at radius 3 is 2.67 bits per heavy atom. The molecular formula is C30H26N4O2. The Morgan fingerprint density at radius 2 is 1.83 bits per heavy atom. The fourth-order valence-corrected chi connectivity index (χ4v) is 4.64. The summed E-state index contributed by atoms with van der Waals surface area (Å²) in [6, 6.07) is 19.6. The summed E-state index contributed by atoms with van der Waals surface area (Å²) in [7, 11) is 0. The number of hydrogen-bond acceptors (Lipinski definition) is 5. The molecule has 6 rings (SSSR count). The first-order valence-corrected chi connectivity index (χ1v) is 12.3. The van der Waals surface area contributed by atoms with Crippen molar-refractivity contribution >= 4 is 16.7 Å². The second-order valence-corrected chi connectivity index (χ2v) is 9.26. The van der Waals surface area contributed by atoms with Gasteiger partial charge >= 0.3 is 0 Å². The second-order valence-electron chi connectivity index (χ2n) is 9.26. The molecule has 5 aromatic rings. The molecule has 1 aliphatic rings. The predicted molar refractivity (Wildman–Crippen MR) is 139 cm³/mol. The lowest BCUT2D eigenvalue weighted by Gasteiger charge is -2.14. The third kappa shape index (κ3) is 4.38. The number of carbonyl (C=O) groups is 1. The highest BCUT2D eigenvalue weighted by Crippen LogP contribution is 2.41. The van der Waals surface area contributed by atoms with Crippen LogP contribution in [0.3, 0.4) is 0 Å². The summed E-state index contributed by atoms with van der Waals surface area (Å²) < 4.78 is 8.37. The molecule has 178 valence electrons. The Bertz CT molecular complexity index is 1550. The summed E-state index contributed by atoms with van der Waals surface area (Å²) in [4.78, 5) is 21.6. The second kappa shape index (κ2) is 9.38. The molecule has 2 aromatic carbocycles. The van der Waals surface area contributed by atoms with Crippen molar-refractivity contribution in [2.45, 2.75) is 38.5 Å². The maximum absolute atomic E-state index is 13.0. The highest BCUT2D eigenvalue weighted by Gasteiger charge is 2.27. The number of Topliss-reactive ketones (excluding diaryl/α,β-unsaturated/α-hetero) is 1. The van der Waals surface area contributed by atoms with Crippen molar-refractivity contribution in [3.05, 3.63) is 108 Å². The number of pyridine rings is 2.